The van der Waals surface area contributed by atoms with Crippen LogP contribution in [0, 0.1) is 6.57 Å². The molecule has 1 saturated heterocycles. The van der Waals surface area contributed by atoms with Crippen LogP contribution in [-0.2, 0) is 9.31 Å². The van der Waals surface area contributed by atoms with Gasteiger partial charge in [0.1, 0.15) is 12.4 Å². The van der Waals surface area contributed by atoms with Gasteiger partial charge in [-0.15, -0.1) is 0 Å². The van der Waals surface area contributed by atoms with Crippen LogP contribution in [0.15, 0.2) is 28.8 Å². The summed E-state index contributed by atoms with van der Waals surface area (Å²) in [4.78, 5) is 9.83. The maximum Gasteiger partial charge on any atom is 0.496 e. The number of fused-ring (bicyclic) bond motifs is 1. The number of rotatable bonds is 1. The van der Waals surface area contributed by atoms with Crippen molar-refractivity contribution >= 4 is 13.0 Å². The van der Waals surface area contributed by atoms with Crippen molar-refractivity contribution in [1.82, 2.24) is 4.90 Å². The van der Waals surface area contributed by atoms with Crippen LogP contribution in [0.3, 0.4) is 0 Å². The van der Waals surface area contributed by atoms with Crippen molar-refractivity contribution < 1.29 is 9.31 Å². The van der Waals surface area contributed by atoms with E-state index in [9.17, 15) is 0 Å². The number of nitrogens with zero attached hydrogens (tertiary/aromatic N) is 3. The molecule has 0 saturated carbocycles. The molecule has 1 atom stereocenters. The van der Waals surface area contributed by atoms with Crippen molar-refractivity contribution in [2.45, 2.75) is 45.1 Å². The van der Waals surface area contributed by atoms with E-state index in [1.165, 1.54) is 0 Å². The van der Waals surface area contributed by atoms with Crippen LogP contribution in [0.1, 0.15) is 27.7 Å². The van der Waals surface area contributed by atoms with Crippen LogP contribution < -0.4 is 0 Å². The highest BCUT2D eigenvalue weighted by atomic mass is 16.7. The molecule has 1 unspecified atom stereocenters. The second kappa shape index (κ2) is 4.21. The Kier molecular flexibility index (Phi) is 2.82. The van der Waals surface area contributed by atoms with E-state index in [0.717, 1.165) is 11.3 Å². The predicted octanol–water partition coefficient (Wildman–Crippen LogP) is 2.03. The number of hydrogen-bond donors (Lipinski definition) is 0. The molecule has 5 nitrogen and oxygen atoms in total. The minimum atomic E-state index is -0.398. The summed E-state index contributed by atoms with van der Waals surface area (Å²) >= 11 is 0. The molecule has 0 aromatic rings. The van der Waals surface area contributed by atoms with Gasteiger partial charge in [0.15, 0.2) is 0 Å². The molecule has 104 valence electrons. The first-order valence-corrected chi connectivity index (χ1v) is 6.79. The lowest BCUT2D eigenvalue weighted by Gasteiger charge is -2.32. The van der Waals surface area contributed by atoms with Crippen LogP contribution in [-0.4, -0.2) is 41.8 Å². The third kappa shape index (κ3) is 1.89. The minimum Gasteiger partial charge on any atom is -0.399 e. The van der Waals surface area contributed by atoms with Crippen molar-refractivity contribution in [2.75, 3.05) is 6.54 Å². The highest BCUT2D eigenvalue weighted by molar-refractivity contribution is 6.55. The molecule has 0 radical (unpaired) electrons. The summed E-state index contributed by atoms with van der Waals surface area (Å²) in [5, 5.41) is 0. The Morgan fingerprint density at radius 3 is 2.55 bits per heavy atom. The van der Waals surface area contributed by atoms with Crippen LogP contribution in [0.5, 0.6) is 0 Å². The van der Waals surface area contributed by atoms with E-state index in [4.69, 9.17) is 15.9 Å². The van der Waals surface area contributed by atoms with Crippen LogP contribution in [0.25, 0.3) is 4.85 Å². The number of aliphatic imine (C=N–C) groups is 1. The lowest BCUT2D eigenvalue weighted by molar-refractivity contribution is 0.00578. The molecule has 3 rings (SSSR count). The second-order valence-corrected chi connectivity index (χ2v) is 6.27. The molecule has 0 amide bonds. The molecule has 0 bridgehead atoms. The molecular formula is C14H18BN3O2. The Hall–Kier alpha value is -1.58. The van der Waals surface area contributed by atoms with Gasteiger partial charge in [-0.1, -0.05) is 6.08 Å². The fraction of sp³-hybridized carbons (Fsp3) is 0.571. The molecule has 3 aliphatic heterocycles. The predicted molar refractivity (Wildman–Crippen MR) is 77.8 cm³/mol. The average Bonchev–Trinajstić information content (AvgIpc) is 2.87. The zero-order chi connectivity index (χ0) is 14.5. The molecule has 3 aliphatic rings. The fourth-order valence-corrected chi connectivity index (χ4v) is 2.38. The zero-order valence-corrected chi connectivity index (χ0v) is 12.3. The Balaban J connectivity index is 1.85. The van der Waals surface area contributed by atoms with Gasteiger partial charge in [-0.2, -0.15) is 0 Å². The highest BCUT2D eigenvalue weighted by Crippen LogP contribution is 2.39. The maximum atomic E-state index is 7.22. The Labute approximate surface area is 119 Å². The molecule has 0 aromatic carbocycles. The van der Waals surface area contributed by atoms with Gasteiger partial charge < -0.3 is 9.31 Å². The largest absolute Gasteiger partial charge is 0.496 e. The zero-order valence-electron chi connectivity index (χ0n) is 12.3. The SMILES string of the molecule is [C-]#[N+]C1CN=C2C=CC(B3OC(C)(C)C(C)(C)O3)=CN21. The van der Waals surface area contributed by atoms with Crippen molar-refractivity contribution in [3.63, 3.8) is 0 Å². The van der Waals surface area contributed by atoms with E-state index < -0.39 is 7.12 Å². The third-order valence-electron chi connectivity index (χ3n) is 4.39. The quantitative estimate of drug-likeness (QED) is 0.541. The van der Waals surface area contributed by atoms with Crippen molar-refractivity contribution in [1.29, 1.82) is 0 Å². The molecule has 20 heavy (non-hydrogen) atoms. The normalized spacial score (nSPS) is 29.9. The van der Waals surface area contributed by atoms with Gasteiger partial charge in [-0.25, -0.2) is 6.57 Å². The molecular weight excluding hydrogens is 253 g/mol. The van der Waals surface area contributed by atoms with Crippen LogP contribution in [0.2, 0.25) is 0 Å². The third-order valence-corrected chi connectivity index (χ3v) is 4.39. The summed E-state index contributed by atoms with van der Waals surface area (Å²) in [6, 6.07) is 0. The second-order valence-electron chi connectivity index (χ2n) is 6.27. The van der Waals surface area contributed by atoms with Crippen molar-refractivity contribution in [2.24, 2.45) is 4.99 Å². The fourth-order valence-electron chi connectivity index (χ4n) is 2.38. The number of allylic oxidation sites excluding steroid dienone is 2. The first kappa shape index (κ1) is 13.4. The summed E-state index contributed by atoms with van der Waals surface area (Å²) in [5.74, 6) is 0.839. The minimum absolute atomic E-state index is 0.243. The Morgan fingerprint density at radius 2 is 1.95 bits per heavy atom. The Bertz CT molecular complexity index is 555. The van der Waals surface area contributed by atoms with Gasteiger partial charge in [-0.3, -0.25) is 14.7 Å². The summed E-state index contributed by atoms with van der Waals surface area (Å²) in [7, 11) is -0.398. The summed E-state index contributed by atoms with van der Waals surface area (Å²) in [6.07, 6.45) is 5.57. The first-order valence-electron chi connectivity index (χ1n) is 6.79. The van der Waals surface area contributed by atoms with E-state index in [-0.39, 0.29) is 17.4 Å². The molecule has 0 aromatic heterocycles. The molecule has 0 spiro atoms. The summed E-state index contributed by atoms with van der Waals surface area (Å²) in [6.45, 7) is 15.9. The van der Waals surface area contributed by atoms with Crippen molar-refractivity contribution in [3.05, 3.63) is 35.2 Å². The van der Waals surface area contributed by atoms with Gasteiger partial charge in [0, 0.05) is 6.20 Å². The van der Waals surface area contributed by atoms with Crippen molar-refractivity contribution in [3.8, 4) is 0 Å². The monoisotopic (exact) mass is 271 g/mol. The molecule has 0 aliphatic carbocycles. The standard InChI is InChI=1S/C14H18BN3O2/c1-13(2)14(3,4)20-15(19-13)10-6-7-11-17-8-12(16-5)18(11)9-10/h6-7,9,12H,8H2,1-4H3. The molecule has 0 N–H and O–H groups in total. The summed E-state index contributed by atoms with van der Waals surface area (Å²) in [5.41, 5.74) is 0.216. The maximum absolute atomic E-state index is 7.22. The topological polar surface area (TPSA) is 38.4 Å². The van der Waals surface area contributed by atoms with Gasteiger partial charge in [-0.05, 0) is 39.2 Å². The molecule has 3 heterocycles. The van der Waals surface area contributed by atoms with Gasteiger partial charge in [0.2, 0.25) is 0 Å². The Morgan fingerprint density at radius 1 is 1.30 bits per heavy atom. The lowest BCUT2D eigenvalue weighted by atomic mass is 9.77. The average molecular weight is 271 g/mol. The van der Waals surface area contributed by atoms with E-state index in [2.05, 4.69) is 9.84 Å². The first-order chi connectivity index (χ1) is 9.34. The van der Waals surface area contributed by atoms with Gasteiger partial charge in [0.25, 0.3) is 0 Å². The van der Waals surface area contributed by atoms with Crippen LogP contribution >= 0.6 is 0 Å². The van der Waals surface area contributed by atoms with Crippen LogP contribution in [0.4, 0.5) is 0 Å². The number of hydrogen-bond acceptors (Lipinski definition) is 4. The van der Waals surface area contributed by atoms with Gasteiger partial charge in [0.05, 0.1) is 11.2 Å². The molecule has 6 heteroatoms. The van der Waals surface area contributed by atoms with Gasteiger partial charge >= 0.3 is 13.3 Å². The van der Waals surface area contributed by atoms with E-state index in [0.29, 0.717) is 6.54 Å². The summed E-state index contributed by atoms with van der Waals surface area (Å²) < 4.78 is 12.1. The van der Waals surface area contributed by atoms with E-state index in [1.807, 2.05) is 50.9 Å². The molecule has 1 fully saturated rings. The smallest absolute Gasteiger partial charge is 0.399 e. The highest BCUT2D eigenvalue weighted by Gasteiger charge is 2.52. The van der Waals surface area contributed by atoms with E-state index in [1.54, 1.807) is 0 Å². The number of amidine groups is 1. The lowest BCUT2D eigenvalue weighted by Crippen LogP contribution is -2.41. The van der Waals surface area contributed by atoms with E-state index >= 15 is 0 Å².